The Morgan fingerprint density at radius 3 is 2.87 bits per heavy atom. The van der Waals surface area contributed by atoms with Gasteiger partial charge in [0.25, 0.3) is 0 Å². The lowest BCUT2D eigenvalue weighted by atomic mass is 10.2. The number of hydrogen-bond acceptors (Lipinski definition) is 3. The van der Waals surface area contributed by atoms with E-state index in [2.05, 4.69) is 5.10 Å². The van der Waals surface area contributed by atoms with Crippen LogP contribution in [0.5, 0.6) is 5.88 Å². The molecule has 0 aliphatic carbocycles. The Morgan fingerprint density at radius 2 is 2.33 bits per heavy atom. The summed E-state index contributed by atoms with van der Waals surface area (Å²) >= 11 is 0. The van der Waals surface area contributed by atoms with E-state index in [9.17, 15) is 4.79 Å². The summed E-state index contributed by atoms with van der Waals surface area (Å²) in [5, 5.41) is 12.7. The van der Waals surface area contributed by atoms with Crippen molar-refractivity contribution < 1.29 is 14.6 Å². The zero-order chi connectivity index (χ0) is 11.4. The van der Waals surface area contributed by atoms with E-state index in [-0.39, 0.29) is 6.42 Å². The Bertz CT molecular complexity index is 344. The maximum Gasteiger partial charge on any atom is 0.308 e. The highest BCUT2D eigenvalue weighted by molar-refractivity contribution is 5.70. The average Bonchev–Trinajstić information content (AvgIpc) is 2.43. The molecule has 0 radical (unpaired) electrons. The molecule has 0 saturated heterocycles. The lowest BCUT2D eigenvalue weighted by Crippen LogP contribution is -2.10. The van der Waals surface area contributed by atoms with Crippen molar-refractivity contribution in [3.05, 3.63) is 11.8 Å². The first-order valence-corrected chi connectivity index (χ1v) is 4.86. The summed E-state index contributed by atoms with van der Waals surface area (Å²) in [6, 6.07) is 0. The zero-order valence-electron chi connectivity index (χ0n) is 9.23. The Hall–Kier alpha value is -1.52. The molecule has 0 aliphatic rings. The summed E-state index contributed by atoms with van der Waals surface area (Å²) in [5.41, 5.74) is 0.616. The molecule has 0 amide bonds. The minimum Gasteiger partial charge on any atom is -0.481 e. The third-order valence-electron chi connectivity index (χ3n) is 1.85. The molecule has 15 heavy (non-hydrogen) atoms. The molecule has 84 valence electrons. The first kappa shape index (κ1) is 11.6. The van der Waals surface area contributed by atoms with Gasteiger partial charge >= 0.3 is 5.97 Å². The standard InChI is InChI=1S/C10H16N2O3/c1-7(2)6-15-10-8(4-9(13)14)5-11-12(10)3/h5,7H,4,6H2,1-3H3,(H,13,14). The quantitative estimate of drug-likeness (QED) is 0.793. The van der Waals surface area contributed by atoms with Gasteiger partial charge in [0.05, 0.1) is 19.2 Å². The van der Waals surface area contributed by atoms with Gasteiger partial charge in [-0.05, 0) is 5.92 Å². The van der Waals surface area contributed by atoms with Crippen LogP contribution in [0.4, 0.5) is 0 Å². The molecular formula is C10H16N2O3. The molecule has 5 heteroatoms. The SMILES string of the molecule is CC(C)COc1c(CC(=O)O)cnn1C. The van der Waals surface area contributed by atoms with Crippen LogP contribution >= 0.6 is 0 Å². The van der Waals surface area contributed by atoms with Crippen LogP contribution in [0.15, 0.2) is 6.20 Å². The predicted octanol–water partition coefficient (Wildman–Crippen LogP) is 1.08. The van der Waals surface area contributed by atoms with Crippen molar-refractivity contribution in [3.8, 4) is 5.88 Å². The number of carboxylic acid groups (broad SMARTS) is 1. The first-order valence-electron chi connectivity index (χ1n) is 4.86. The van der Waals surface area contributed by atoms with E-state index >= 15 is 0 Å². The van der Waals surface area contributed by atoms with Crippen LogP contribution in [0.1, 0.15) is 19.4 Å². The number of carbonyl (C=O) groups is 1. The van der Waals surface area contributed by atoms with Crippen molar-refractivity contribution in [1.29, 1.82) is 0 Å². The molecule has 0 aromatic carbocycles. The monoisotopic (exact) mass is 212 g/mol. The van der Waals surface area contributed by atoms with E-state index in [0.29, 0.717) is 24.0 Å². The molecule has 0 saturated carbocycles. The van der Waals surface area contributed by atoms with Gasteiger partial charge in [0, 0.05) is 12.6 Å². The highest BCUT2D eigenvalue weighted by atomic mass is 16.5. The fourth-order valence-corrected chi connectivity index (χ4v) is 1.19. The largest absolute Gasteiger partial charge is 0.481 e. The summed E-state index contributed by atoms with van der Waals surface area (Å²) in [6.45, 7) is 4.63. The molecule has 0 unspecified atom stereocenters. The number of nitrogens with zero attached hydrogens (tertiary/aromatic N) is 2. The van der Waals surface area contributed by atoms with Gasteiger partial charge in [-0.3, -0.25) is 4.79 Å². The highest BCUT2D eigenvalue weighted by Gasteiger charge is 2.13. The summed E-state index contributed by atoms with van der Waals surface area (Å²) in [5.74, 6) is 0.0704. The van der Waals surface area contributed by atoms with Crippen LogP contribution in [-0.2, 0) is 18.3 Å². The molecule has 1 heterocycles. The second-order valence-electron chi connectivity index (χ2n) is 3.87. The zero-order valence-corrected chi connectivity index (χ0v) is 9.23. The molecule has 0 atom stereocenters. The normalized spacial score (nSPS) is 10.7. The van der Waals surface area contributed by atoms with E-state index < -0.39 is 5.97 Å². The number of ether oxygens (including phenoxy) is 1. The molecule has 5 nitrogen and oxygen atoms in total. The van der Waals surface area contributed by atoms with Gasteiger partial charge in [-0.25, -0.2) is 4.68 Å². The molecule has 1 N–H and O–H groups in total. The summed E-state index contributed by atoms with van der Waals surface area (Å²) in [4.78, 5) is 10.6. The first-order chi connectivity index (χ1) is 7.00. The molecule has 1 aromatic rings. The smallest absolute Gasteiger partial charge is 0.308 e. The molecule has 0 fully saturated rings. The van der Waals surface area contributed by atoms with Crippen molar-refractivity contribution in [1.82, 2.24) is 9.78 Å². The van der Waals surface area contributed by atoms with Crippen molar-refractivity contribution in [2.45, 2.75) is 20.3 Å². The van der Waals surface area contributed by atoms with E-state index in [1.807, 2.05) is 13.8 Å². The third-order valence-corrected chi connectivity index (χ3v) is 1.85. The molecular weight excluding hydrogens is 196 g/mol. The van der Waals surface area contributed by atoms with Crippen LogP contribution in [0.25, 0.3) is 0 Å². The predicted molar refractivity (Wildman–Crippen MR) is 54.9 cm³/mol. The third kappa shape index (κ3) is 3.27. The van der Waals surface area contributed by atoms with Crippen LogP contribution in [0.3, 0.4) is 0 Å². The number of hydrogen-bond donors (Lipinski definition) is 1. The van der Waals surface area contributed by atoms with Crippen molar-refractivity contribution in [3.63, 3.8) is 0 Å². The topological polar surface area (TPSA) is 64.3 Å². The van der Waals surface area contributed by atoms with E-state index in [1.54, 1.807) is 11.7 Å². The van der Waals surface area contributed by atoms with Crippen molar-refractivity contribution in [2.75, 3.05) is 6.61 Å². The second-order valence-corrected chi connectivity index (χ2v) is 3.87. The van der Waals surface area contributed by atoms with Crippen molar-refractivity contribution >= 4 is 5.97 Å². The number of aliphatic carboxylic acids is 1. The summed E-state index contributed by atoms with van der Waals surface area (Å²) in [7, 11) is 1.74. The summed E-state index contributed by atoms with van der Waals surface area (Å²) in [6.07, 6.45) is 1.48. The number of carboxylic acids is 1. The fourth-order valence-electron chi connectivity index (χ4n) is 1.19. The maximum absolute atomic E-state index is 10.6. The Balaban J connectivity index is 2.75. The molecule has 0 bridgehead atoms. The highest BCUT2D eigenvalue weighted by Crippen LogP contribution is 2.18. The van der Waals surface area contributed by atoms with Gasteiger partial charge in [-0.1, -0.05) is 13.8 Å². The molecule has 0 aliphatic heterocycles. The van der Waals surface area contributed by atoms with E-state index in [0.717, 1.165) is 0 Å². The molecule has 1 aromatic heterocycles. The number of rotatable bonds is 5. The fraction of sp³-hybridized carbons (Fsp3) is 0.600. The van der Waals surface area contributed by atoms with Crippen LogP contribution < -0.4 is 4.74 Å². The van der Waals surface area contributed by atoms with Crippen LogP contribution in [-0.4, -0.2) is 27.5 Å². The Labute approximate surface area is 88.7 Å². The second kappa shape index (κ2) is 4.82. The van der Waals surface area contributed by atoms with Gasteiger partial charge in [-0.15, -0.1) is 0 Å². The van der Waals surface area contributed by atoms with Gasteiger partial charge < -0.3 is 9.84 Å². The lowest BCUT2D eigenvalue weighted by molar-refractivity contribution is -0.136. The van der Waals surface area contributed by atoms with E-state index in [1.165, 1.54) is 6.20 Å². The van der Waals surface area contributed by atoms with Gasteiger partial charge in [-0.2, -0.15) is 5.10 Å². The maximum atomic E-state index is 10.6. The Kier molecular flexibility index (Phi) is 3.71. The van der Waals surface area contributed by atoms with Crippen molar-refractivity contribution in [2.24, 2.45) is 13.0 Å². The molecule has 0 spiro atoms. The average molecular weight is 212 g/mol. The van der Waals surface area contributed by atoms with Gasteiger partial charge in [0.1, 0.15) is 0 Å². The molecule has 1 rings (SSSR count). The van der Waals surface area contributed by atoms with Gasteiger partial charge in [0.2, 0.25) is 5.88 Å². The number of aromatic nitrogens is 2. The minimum atomic E-state index is -0.877. The van der Waals surface area contributed by atoms with E-state index in [4.69, 9.17) is 9.84 Å². The Morgan fingerprint density at radius 1 is 1.67 bits per heavy atom. The lowest BCUT2D eigenvalue weighted by Gasteiger charge is -2.09. The van der Waals surface area contributed by atoms with Crippen LogP contribution in [0.2, 0.25) is 0 Å². The number of aryl methyl sites for hydroxylation is 1. The summed E-state index contributed by atoms with van der Waals surface area (Å²) < 4.78 is 7.06. The van der Waals surface area contributed by atoms with Crippen LogP contribution in [0, 0.1) is 5.92 Å². The van der Waals surface area contributed by atoms with Gasteiger partial charge in [0.15, 0.2) is 0 Å². The minimum absolute atomic E-state index is 0.0543.